The molecule has 2 heterocycles. The maximum atomic E-state index is 12.1. The van der Waals surface area contributed by atoms with E-state index in [9.17, 15) is 13.2 Å². The van der Waals surface area contributed by atoms with Gasteiger partial charge >= 0.3 is 0 Å². The van der Waals surface area contributed by atoms with E-state index in [1.807, 2.05) is 0 Å². The van der Waals surface area contributed by atoms with Crippen LogP contribution in [-0.2, 0) is 9.84 Å². The number of aromatic nitrogens is 1. The molecule has 2 N–H and O–H groups in total. The minimum absolute atomic E-state index is 0.115. The van der Waals surface area contributed by atoms with Crippen LogP contribution in [-0.4, -0.2) is 43.9 Å². The van der Waals surface area contributed by atoms with Crippen LogP contribution in [0.25, 0.3) is 0 Å². The summed E-state index contributed by atoms with van der Waals surface area (Å²) < 4.78 is 22.7. The van der Waals surface area contributed by atoms with E-state index in [-0.39, 0.29) is 28.6 Å². The Hall–Kier alpha value is -1.34. The number of amides is 1. The van der Waals surface area contributed by atoms with Crippen LogP contribution >= 0.6 is 11.6 Å². The van der Waals surface area contributed by atoms with Gasteiger partial charge in [-0.05, 0) is 25.0 Å². The standard InChI is InChI=1S/C12H16ClN3O3S/c1-14-11-7-8(6-10(13)16-11)12(17)15-9-2-4-20(18,19)5-3-9/h6-7,9H,2-5H2,1H3,(H,14,16)(H,15,17). The molecule has 0 saturated carbocycles. The van der Waals surface area contributed by atoms with Crippen molar-refractivity contribution >= 4 is 33.2 Å². The molecule has 0 bridgehead atoms. The molecular weight excluding hydrogens is 302 g/mol. The van der Waals surface area contributed by atoms with Crippen LogP contribution in [0, 0.1) is 0 Å². The zero-order valence-electron chi connectivity index (χ0n) is 11.0. The highest BCUT2D eigenvalue weighted by Crippen LogP contribution is 2.16. The van der Waals surface area contributed by atoms with E-state index in [2.05, 4.69) is 15.6 Å². The van der Waals surface area contributed by atoms with Gasteiger partial charge < -0.3 is 10.6 Å². The summed E-state index contributed by atoms with van der Waals surface area (Å²) in [5.74, 6) is 0.483. The number of sulfone groups is 1. The van der Waals surface area contributed by atoms with Gasteiger partial charge in [-0.25, -0.2) is 13.4 Å². The average Bonchev–Trinajstić information content (AvgIpc) is 2.40. The Kier molecular flexibility index (Phi) is 4.49. The summed E-state index contributed by atoms with van der Waals surface area (Å²) in [4.78, 5) is 16.1. The SMILES string of the molecule is CNc1cc(C(=O)NC2CCS(=O)(=O)CC2)cc(Cl)n1. The Balaban J connectivity index is 2.04. The first-order chi connectivity index (χ1) is 9.39. The lowest BCUT2D eigenvalue weighted by Crippen LogP contribution is -2.40. The quantitative estimate of drug-likeness (QED) is 0.815. The van der Waals surface area contributed by atoms with E-state index in [1.54, 1.807) is 13.1 Å². The first kappa shape index (κ1) is 15.1. The summed E-state index contributed by atoms with van der Waals surface area (Å²) >= 11 is 5.84. The molecular formula is C12H16ClN3O3S. The summed E-state index contributed by atoms with van der Waals surface area (Å²) in [6.07, 6.45) is 0.900. The number of carbonyl (C=O) groups is 1. The highest BCUT2D eigenvalue weighted by molar-refractivity contribution is 7.91. The smallest absolute Gasteiger partial charge is 0.251 e. The van der Waals surface area contributed by atoms with Crippen LogP contribution in [0.1, 0.15) is 23.2 Å². The summed E-state index contributed by atoms with van der Waals surface area (Å²) in [7, 11) is -1.24. The Morgan fingerprint density at radius 2 is 2.00 bits per heavy atom. The van der Waals surface area contributed by atoms with Crippen molar-refractivity contribution in [3.63, 3.8) is 0 Å². The third-order valence-corrected chi connectivity index (χ3v) is 5.11. The molecule has 0 radical (unpaired) electrons. The molecule has 6 nitrogen and oxygen atoms in total. The molecule has 1 aromatic rings. The van der Waals surface area contributed by atoms with Crippen molar-refractivity contribution in [3.8, 4) is 0 Å². The van der Waals surface area contributed by atoms with Gasteiger partial charge in [0.15, 0.2) is 0 Å². The Labute approximate surface area is 122 Å². The average molecular weight is 318 g/mol. The molecule has 0 aromatic carbocycles. The summed E-state index contributed by atoms with van der Waals surface area (Å²) in [5.41, 5.74) is 0.405. The highest BCUT2D eigenvalue weighted by atomic mass is 35.5. The lowest BCUT2D eigenvalue weighted by molar-refractivity contribution is 0.0934. The van der Waals surface area contributed by atoms with Crippen LogP contribution in [0.5, 0.6) is 0 Å². The highest BCUT2D eigenvalue weighted by Gasteiger charge is 2.25. The summed E-state index contributed by atoms with van der Waals surface area (Å²) in [6.45, 7) is 0. The maximum absolute atomic E-state index is 12.1. The second-order valence-electron chi connectivity index (χ2n) is 4.71. The number of rotatable bonds is 3. The number of nitrogens with zero attached hydrogens (tertiary/aromatic N) is 1. The van der Waals surface area contributed by atoms with E-state index in [0.717, 1.165) is 0 Å². The molecule has 1 aromatic heterocycles. The molecule has 1 aliphatic rings. The van der Waals surface area contributed by atoms with Gasteiger partial charge in [-0.3, -0.25) is 4.79 Å². The van der Waals surface area contributed by atoms with Gasteiger partial charge in [0.2, 0.25) is 0 Å². The van der Waals surface area contributed by atoms with Crippen LogP contribution in [0.4, 0.5) is 5.82 Å². The molecule has 0 aliphatic carbocycles. The van der Waals surface area contributed by atoms with E-state index in [0.29, 0.717) is 24.2 Å². The van der Waals surface area contributed by atoms with Gasteiger partial charge in [0, 0.05) is 18.7 Å². The second kappa shape index (κ2) is 5.97. The third-order valence-electron chi connectivity index (χ3n) is 3.20. The first-order valence-corrected chi connectivity index (χ1v) is 8.46. The van der Waals surface area contributed by atoms with Gasteiger partial charge in [0.25, 0.3) is 5.91 Å². The Morgan fingerprint density at radius 1 is 1.35 bits per heavy atom. The molecule has 110 valence electrons. The van der Waals surface area contributed by atoms with Crippen molar-refractivity contribution in [1.29, 1.82) is 0 Å². The first-order valence-electron chi connectivity index (χ1n) is 6.26. The van der Waals surface area contributed by atoms with Crippen LogP contribution in [0.3, 0.4) is 0 Å². The maximum Gasteiger partial charge on any atom is 0.251 e. The fraction of sp³-hybridized carbons (Fsp3) is 0.500. The molecule has 1 aliphatic heterocycles. The molecule has 2 rings (SSSR count). The van der Waals surface area contributed by atoms with Crippen molar-refractivity contribution in [1.82, 2.24) is 10.3 Å². The normalized spacial score (nSPS) is 18.5. The molecule has 20 heavy (non-hydrogen) atoms. The van der Waals surface area contributed by atoms with E-state index in [1.165, 1.54) is 6.07 Å². The largest absolute Gasteiger partial charge is 0.373 e. The summed E-state index contributed by atoms with van der Waals surface area (Å²) in [6, 6.07) is 2.97. The van der Waals surface area contributed by atoms with Gasteiger partial charge in [-0.2, -0.15) is 0 Å². The molecule has 8 heteroatoms. The van der Waals surface area contributed by atoms with Crippen molar-refractivity contribution < 1.29 is 13.2 Å². The minimum Gasteiger partial charge on any atom is -0.373 e. The molecule has 0 unspecified atom stereocenters. The number of pyridine rings is 1. The number of carbonyl (C=O) groups excluding carboxylic acids is 1. The monoisotopic (exact) mass is 317 g/mol. The Morgan fingerprint density at radius 3 is 2.60 bits per heavy atom. The predicted octanol–water partition coefficient (Wildman–Crippen LogP) is 1.08. The molecule has 1 amide bonds. The lowest BCUT2D eigenvalue weighted by Gasteiger charge is -2.23. The van der Waals surface area contributed by atoms with E-state index >= 15 is 0 Å². The van der Waals surface area contributed by atoms with E-state index < -0.39 is 9.84 Å². The van der Waals surface area contributed by atoms with Crippen molar-refractivity contribution in [3.05, 3.63) is 22.8 Å². The van der Waals surface area contributed by atoms with Gasteiger partial charge in [-0.1, -0.05) is 11.6 Å². The van der Waals surface area contributed by atoms with Gasteiger partial charge in [0.05, 0.1) is 11.5 Å². The van der Waals surface area contributed by atoms with Crippen molar-refractivity contribution in [2.24, 2.45) is 0 Å². The summed E-state index contributed by atoms with van der Waals surface area (Å²) in [5, 5.41) is 5.89. The van der Waals surface area contributed by atoms with Crippen LogP contribution in [0.2, 0.25) is 5.15 Å². The van der Waals surface area contributed by atoms with Gasteiger partial charge in [-0.15, -0.1) is 0 Å². The number of halogens is 1. The predicted molar refractivity (Wildman–Crippen MR) is 77.9 cm³/mol. The molecule has 0 spiro atoms. The second-order valence-corrected chi connectivity index (χ2v) is 7.40. The van der Waals surface area contributed by atoms with Crippen LogP contribution in [0.15, 0.2) is 12.1 Å². The fourth-order valence-electron chi connectivity index (χ4n) is 2.06. The number of hydrogen-bond acceptors (Lipinski definition) is 5. The third kappa shape index (κ3) is 3.83. The zero-order valence-corrected chi connectivity index (χ0v) is 12.6. The van der Waals surface area contributed by atoms with Gasteiger partial charge in [0.1, 0.15) is 20.8 Å². The topological polar surface area (TPSA) is 88.2 Å². The minimum atomic E-state index is -2.93. The molecule has 1 saturated heterocycles. The molecule has 1 fully saturated rings. The van der Waals surface area contributed by atoms with Crippen LogP contribution < -0.4 is 10.6 Å². The molecule has 0 atom stereocenters. The number of anilines is 1. The lowest BCUT2D eigenvalue weighted by atomic mass is 10.1. The van der Waals surface area contributed by atoms with Crippen molar-refractivity contribution in [2.75, 3.05) is 23.9 Å². The number of nitrogens with one attached hydrogen (secondary N) is 2. The zero-order chi connectivity index (χ0) is 14.8. The fourth-order valence-corrected chi connectivity index (χ4v) is 3.76. The van der Waals surface area contributed by atoms with Crippen molar-refractivity contribution in [2.45, 2.75) is 18.9 Å². The van der Waals surface area contributed by atoms with E-state index in [4.69, 9.17) is 11.6 Å². The number of hydrogen-bond donors (Lipinski definition) is 2. The Bertz CT molecular complexity index is 604.